The molecular formula is C18H25N5O2. The van der Waals surface area contributed by atoms with Gasteiger partial charge in [-0.3, -0.25) is 4.90 Å². The highest BCUT2D eigenvalue weighted by Gasteiger charge is 2.20. The number of pyridine rings is 1. The average molecular weight is 343 g/mol. The summed E-state index contributed by atoms with van der Waals surface area (Å²) >= 11 is 0. The number of urea groups is 1. The second-order valence-corrected chi connectivity index (χ2v) is 6.40. The molecule has 3 heterocycles. The molecule has 3 rings (SSSR count). The first-order chi connectivity index (χ1) is 12.1. The third-order valence-electron chi connectivity index (χ3n) is 4.39. The fraction of sp³-hybridized carbons (Fsp3) is 0.444. The van der Waals surface area contributed by atoms with Crippen molar-refractivity contribution in [1.82, 2.24) is 15.2 Å². The fourth-order valence-corrected chi connectivity index (χ4v) is 3.05. The van der Waals surface area contributed by atoms with Gasteiger partial charge in [0.1, 0.15) is 5.76 Å². The number of nitrogens with zero attached hydrogens (tertiary/aromatic N) is 3. The van der Waals surface area contributed by atoms with E-state index in [9.17, 15) is 4.79 Å². The zero-order chi connectivity index (χ0) is 17.6. The van der Waals surface area contributed by atoms with E-state index in [4.69, 9.17) is 4.42 Å². The van der Waals surface area contributed by atoms with Crippen LogP contribution in [0.5, 0.6) is 0 Å². The van der Waals surface area contributed by atoms with Crippen LogP contribution in [-0.2, 0) is 0 Å². The number of likely N-dealkylation sites (N-methyl/N-ethyl adjacent to an activating group) is 1. The van der Waals surface area contributed by atoms with Gasteiger partial charge in [0.15, 0.2) is 5.82 Å². The summed E-state index contributed by atoms with van der Waals surface area (Å²) in [5.41, 5.74) is 0.737. The summed E-state index contributed by atoms with van der Waals surface area (Å²) in [6, 6.07) is 7.22. The van der Waals surface area contributed by atoms with Crippen LogP contribution in [0.25, 0.3) is 0 Å². The number of rotatable bonds is 6. The number of carbonyl (C=O) groups is 1. The van der Waals surface area contributed by atoms with E-state index >= 15 is 0 Å². The number of aromatic nitrogens is 1. The molecule has 0 radical (unpaired) electrons. The van der Waals surface area contributed by atoms with E-state index in [0.29, 0.717) is 6.54 Å². The van der Waals surface area contributed by atoms with Gasteiger partial charge < -0.3 is 20.0 Å². The average Bonchev–Trinajstić information content (AvgIpc) is 3.29. The molecule has 1 atom stereocenters. The number of amides is 2. The molecule has 0 bridgehead atoms. The van der Waals surface area contributed by atoms with Gasteiger partial charge in [-0.1, -0.05) is 0 Å². The molecule has 1 aliphatic rings. The molecule has 0 saturated carbocycles. The van der Waals surface area contributed by atoms with Gasteiger partial charge >= 0.3 is 6.03 Å². The first-order valence-electron chi connectivity index (χ1n) is 8.60. The second kappa shape index (κ2) is 8.02. The zero-order valence-corrected chi connectivity index (χ0v) is 14.7. The molecule has 1 saturated heterocycles. The van der Waals surface area contributed by atoms with Crippen molar-refractivity contribution in [2.45, 2.75) is 18.9 Å². The predicted molar refractivity (Wildman–Crippen MR) is 97.8 cm³/mol. The lowest BCUT2D eigenvalue weighted by Crippen LogP contribution is -2.37. The fourth-order valence-electron chi connectivity index (χ4n) is 3.05. The van der Waals surface area contributed by atoms with E-state index in [0.717, 1.165) is 43.2 Å². The summed E-state index contributed by atoms with van der Waals surface area (Å²) in [6.45, 7) is 2.41. The third-order valence-corrected chi connectivity index (χ3v) is 4.39. The molecule has 1 fully saturated rings. The van der Waals surface area contributed by atoms with Crippen LogP contribution in [-0.4, -0.2) is 49.6 Å². The maximum atomic E-state index is 12.4. The van der Waals surface area contributed by atoms with Crippen LogP contribution in [0.2, 0.25) is 0 Å². The Morgan fingerprint density at radius 3 is 2.80 bits per heavy atom. The van der Waals surface area contributed by atoms with Gasteiger partial charge in [-0.2, -0.15) is 0 Å². The molecule has 2 amide bonds. The number of nitrogens with one attached hydrogen (secondary N) is 2. The van der Waals surface area contributed by atoms with E-state index in [1.54, 1.807) is 12.5 Å². The minimum Gasteiger partial charge on any atom is -0.468 e. The molecule has 0 aliphatic carbocycles. The summed E-state index contributed by atoms with van der Waals surface area (Å²) in [5.74, 6) is 1.66. The highest BCUT2D eigenvalue weighted by molar-refractivity contribution is 5.92. The first kappa shape index (κ1) is 17.3. The third kappa shape index (κ3) is 4.30. The molecule has 25 heavy (non-hydrogen) atoms. The van der Waals surface area contributed by atoms with Crippen molar-refractivity contribution in [3.05, 3.63) is 42.5 Å². The van der Waals surface area contributed by atoms with Crippen LogP contribution in [0.3, 0.4) is 0 Å². The van der Waals surface area contributed by atoms with E-state index < -0.39 is 0 Å². The molecule has 2 aromatic heterocycles. The Bertz CT molecular complexity index is 681. The lowest BCUT2D eigenvalue weighted by Gasteiger charge is -2.23. The van der Waals surface area contributed by atoms with Crippen LogP contribution in [0.4, 0.5) is 16.3 Å². The molecule has 1 aliphatic heterocycles. The van der Waals surface area contributed by atoms with Crippen LogP contribution >= 0.6 is 0 Å². The Kier molecular flexibility index (Phi) is 5.55. The first-order valence-corrected chi connectivity index (χ1v) is 8.60. The number of hydrogen-bond acceptors (Lipinski definition) is 5. The maximum absolute atomic E-state index is 12.4. The van der Waals surface area contributed by atoms with Crippen molar-refractivity contribution in [2.75, 3.05) is 43.9 Å². The number of carbonyl (C=O) groups excluding carboxylic acids is 1. The molecule has 0 aromatic carbocycles. The van der Waals surface area contributed by atoms with E-state index in [2.05, 4.69) is 20.5 Å². The molecule has 0 spiro atoms. The molecule has 0 unspecified atom stereocenters. The summed E-state index contributed by atoms with van der Waals surface area (Å²) in [7, 11) is 3.92. The minimum absolute atomic E-state index is 0.0206. The Hall–Kier alpha value is -2.54. The Labute approximate surface area is 148 Å². The monoisotopic (exact) mass is 343 g/mol. The Morgan fingerprint density at radius 2 is 2.12 bits per heavy atom. The largest absolute Gasteiger partial charge is 0.468 e. The van der Waals surface area contributed by atoms with E-state index in [-0.39, 0.29) is 12.1 Å². The van der Waals surface area contributed by atoms with Crippen molar-refractivity contribution >= 4 is 17.5 Å². The van der Waals surface area contributed by atoms with Gasteiger partial charge in [0, 0.05) is 25.8 Å². The van der Waals surface area contributed by atoms with Crippen LogP contribution in [0.15, 0.2) is 41.1 Å². The molecule has 134 valence electrons. The van der Waals surface area contributed by atoms with Gasteiger partial charge in [0.25, 0.3) is 0 Å². The highest BCUT2D eigenvalue weighted by atomic mass is 16.3. The molecule has 7 nitrogen and oxygen atoms in total. The van der Waals surface area contributed by atoms with Gasteiger partial charge in [-0.25, -0.2) is 9.78 Å². The van der Waals surface area contributed by atoms with Gasteiger partial charge in [-0.05, 0) is 51.2 Å². The van der Waals surface area contributed by atoms with Crippen molar-refractivity contribution in [1.29, 1.82) is 0 Å². The number of furan rings is 1. The number of anilines is 2. The molecule has 7 heteroatoms. The minimum atomic E-state index is -0.244. The Morgan fingerprint density at radius 1 is 1.32 bits per heavy atom. The van der Waals surface area contributed by atoms with Gasteiger partial charge in [0.2, 0.25) is 0 Å². The van der Waals surface area contributed by atoms with E-state index in [1.165, 1.54) is 0 Å². The normalized spacial score (nSPS) is 15.4. The van der Waals surface area contributed by atoms with Gasteiger partial charge in [-0.15, -0.1) is 0 Å². The molecular weight excluding hydrogens is 318 g/mol. The molecule has 2 aromatic rings. The summed E-state index contributed by atoms with van der Waals surface area (Å²) < 4.78 is 5.46. The highest BCUT2D eigenvalue weighted by Crippen LogP contribution is 2.26. The van der Waals surface area contributed by atoms with Crippen molar-refractivity contribution in [3.63, 3.8) is 0 Å². The number of hydrogen-bond donors (Lipinski definition) is 2. The smallest absolute Gasteiger partial charge is 0.319 e. The topological polar surface area (TPSA) is 73.6 Å². The summed E-state index contributed by atoms with van der Waals surface area (Å²) in [4.78, 5) is 21.0. The van der Waals surface area contributed by atoms with Gasteiger partial charge in [0.05, 0.1) is 18.0 Å². The zero-order valence-electron chi connectivity index (χ0n) is 14.7. The predicted octanol–water partition coefficient (Wildman–Crippen LogP) is 2.70. The van der Waals surface area contributed by atoms with Crippen LogP contribution < -0.4 is 15.5 Å². The lowest BCUT2D eigenvalue weighted by atomic mass is 10.2. The SMILES string of the molecule is CN(C)[C@@H](CNC(=O)Nc1cccnc1N1CCCC1)c1ccco1. The lowest BCUT2D eigenvalue weighted by molar-refractivity contribution is 0.233. The van der Waals surface area contributed by atoms with Crippen molar-refractivity contribution in [3.8, 4) is 0 Å². The maximum Gasteiger partial charge on any atom is 0.319 e. The Balaban J connectivity index is 1.61. The summed E-state index contributed by atoms with van der Waals surface area (Å²) in [5, 5.41) is 5.84. The second-order valence-electron chi connectivity index (χ2n) is 6.40. The van der Waals surface area contributed by atoms with Crippen LogP contribution in [0, 0.1) is 0 Å². The van der Waals surface area contributed by atoms with Crippen LogP contribution in [0.1, 0.15) is 24.6 Å². The quantitative estimate of drug-likeness (QED) is 0.844. The standard InChI is InChI=1S/C18H25N5O2/c1-22(2)15(16-8-6-12-25-16)13-20-18(24)21-14-7-5-9-19-17(14)23-10-3-4-11-23/h5-9,12,15H,3-4,10-11,13H2,1-2H3,(H2,20,21,24)/t15-/m0/s1. The van der Waals surface area contributed by atoms with Crippen molar-refractivity contribution < 1.29 is 9.21 Å². The van der Waals surface area contributed by atoms with E-state index in [1.807, 2.05) is 43.3 Å². The van der Waals surface area contributed by atoms with Crippen molar-refractivity contribution in [2.24, 2.45) is 0 Å². The summed E-state index contributed by atoms with van der Waals surface area (Å²) in [6.07, 6.45) is 5.73. The molecule has 2 N–H and O–H groups in total.